The molecule has 2 aromatic heterocycles. The van der Waals surface area contributed by atoms with Crippen LogP contribution in [-0.4, -0.2) is 79.9 Å². The van der Waals surface area contributed by atoms with Crippen LogP contribution in [0.2, 0.25) is 0 Å². The van der Waals surface area contributed by atoms with Gasteiger partial charge in [-0.25, -0.2) is 10.0 Å². The maximum absolute atomic E-state index is 13.2. The van der Waals surface area contributed by atoms with Gasteiger partial charge in [-0.3, -0.25) is 24.5 Å². The lowest BCUT2D eigenvalue weighted by atomic mass is 10.0. The molecule has 0 saturated carbocycles. The number of fused-ring (bicyclic) bond motifs is 2. The lowest BCUT2D eigenvalue weighted by Gasteiger charge is -2.50. The Morgan fingerprint density at radius 2 is 2.20 bits per heavy atom. The van der Waals surface area contributed by atoms with E-state index in [9.17, 15) is 29.5 Å². The second-order valence-corrected chi connectivity index (χ2v) is 11.5. The Morgan fingerprint density at radius 1 is 1.39 bits per heavy atom. The number of nitrogens with two attached hydrogens (primary N) is 1. The third-order valence-electron chi connectivity index (χ3n) is 6.92. The summed E-state index contributed by atoms with van der Waals surface area (Å²) in [5.74, 6) is -3.09. The van der Waals surface area contributed by atoms with Crippen molar-refractivity contribution < 1.29 is 38.9 Å². The number of thiazole rings is 1. The normalized spacial score (nSPS) is 19.8. The third kappa shape index (κ3) is 5.75. The van der Waals surface area contributed by atoms with Gasteiger partial charge >= 0.3 is 0 Å². The molecule has 3 amide bonds. The highest BCUT2D eigenvalue weighted by atomic mass is 32.2. The molecule has 0 unspecified atom stereocenters. The fourth-order valence-electron chi connectivity index (χ4n) is 4.96. The number of aliphatic carboxylic acids is 1. The van der Waals surface area contributed by atoms with E-state index < -0.39 is 35.1 Å². The van der Waals surface area contributed by atoms with E-state index in [-0.39, 0.29) is 35.4 Å². The standard InChI is InChI=1S/C25H27N7O7S2/c1-13(33)31(38)8-9-39-29-18(16-12-41-25(26)27-16)21(34)28-19-22(35)32-20(24(36)37)15(11-40-23(19)32)10-30-7-3-5-14-4-2-6-17(14)30/h3,5,7,12,19,23,38H,2,4,6,8-11H2,1H3,(H3-,26,27,28,34,36,37)/b29-18-/t19-,23-/m1/s1. The molecule has 3 aliphatic rings. The number of rotatable bonds is 10. The van der Waals surface area contributed by atoms with Crippen molar-refractivity contribution in [2.75, 3.05) is 24.6 Å². The maximum Gasteiger partial charge on any atom is 0.276 e. The van der Waals surface area contributed by atoms with Crippen LogP contribution in [0.3, 0.4) is 0 Å². The summed E-state index contributed by atoms with van der Waals surface area (Å²) >= 11 is 2.41. The van der Waals surface area contributed by atoms with Gasteiger partial charge in [-0.15, -0.1) is 23.1 Å². The first-order valence-corrected chi connectivity index (χ1v) is 14.7. The van der Waals surface area contributed by atoms with Gasteiger partial charge in [0.2, 0.25) is 5.91 Å². The summed E-state index contributed by atoms with van der Waals surface area (Å²) in [6, 6.07) is 2.98. The van der Waals surface area contributed by atoms with Crippen LogP contribution in [0, 0.1) is 0 Å². The van der Waals surface area contributed by atoms with Gasteiger partial charge in [-0.05, 0) is 18.9 Å². The molecule has 4 heterocycles. The highest BCUT2D eigenvalue weighted by molar-refractivity contribution is 8.00. The van der Waals surface area contributed by atoms with Gasteiger partial charge in [0, 0.05) is 41.7 Å². The van der Waals surface area contributed by atoms with Crippen molar-refractivity contribution in [2.45, 2.75) is 44.1 Å². The van der Waals surface area contributed by atoms with E-state index in [1.165, 1.54) is 34.5 Å². The lowest BCUT2D eigenvalue weighted by Crippen LogP contribution is -2.71. The Labute approximate surface area is 242 Å². The summed E-state index contributed by atoms with van der Waals surface area (Å²) in [7, 11) is 0. The Kier molecular flexibility index (Phi) is 8.23. The van der Waals surface area contributed by atoms with Crippen molar-refractivity contribution in [3.63, 3.8) is 0 Å². The minimum atomic E-state index is -1.45. The number of pyridine rings is 1. The summed E-state index contributed by atoms with van der Waals surface area (Å²) in [6.45, 7) is 1.05. The van der Waals surface area contributed by atoms with Crippen LogP contribution in [0.1, 0.15) is 30.3 Å². The third-order valence-corrected chi connectivity index (χ3v) is 8.94. The highest BCUT2D eigenvalue weighted by Crippen LogP contribution is 2.40. The minimum absolute atomic E-state index is 0.0994. The minimum Gasteiger partial charge on any atom is -0.543 e. The average Bonchev–Trinajstić information content (AvgIpc) is 3.60. The van der Waals surface area contributed by atoms with E-state index in [1.807, 2.05) is 16.8 Å². The lowest BCUT2D eigenvalue weighted by molar-refractivity contribution is -0.696. The molecule has 2 aromatic rings. The van der Waals surface area contributed by atoms with E-state index in [2.05, 4.69) is 21.5 Å². The number of carboxylic acids is 1. The zero-order chi connectivity index (χ0) is 29.3. The number of hydroxylamine groups is 2. The number of thioether (sulfide) groups is 1. The van der Waals surface area contributed by atoms with E-state index in [0.717, 1.165) is 36.3 Å². The van der Waals surface area contributed by atoms with Gasteiger partial charge in [0.05, 0.1) is 18.2 Å². The number of nitrogens with one attached hydrogen (secondary N) is 1. The molecule has 4 N–H and O–H groups in total. The fourth-order valence-corrected chi connectivity index (χ4v) is 6.85. The summed E-state index contributed by atoms with van der Waals surface area (Å²) in [5.41, 5.74) is 8.32. The van der Waals surface area contributed by atoms with Crippen molar-refractivity contribution in [1.29, 1.82) is 0 Å². The molecular formula is C25H27N7O7S2. The van der Waals surface area contributed by atoms with E-state index in [0.29, 0.717) is 22.9 Å². The summed E-state index contributed by atoms with van der Waals surface area (Å²) in [6.07, 6.45) is 4.84. The summed E-state index contributed by atoms with van der Waals surface area (Å²) in [5, 5.41) is 29.5. The molecule has 41 heavy (non-hydrogen) atoms. The van der Waals surface area contributed by atoms with Crippen LogP contribution in [-0.2, 0) is 43.4 Å². The van der Waals surface area contributed by atoms with E-state index in [1.54, 1.807) is 0 Å². The Balaban J connectivity index is 1.31. The van der Waals surface area contributed by atoms with Crippen molar-refractivity contribution in [3.05, 3.63) is 51.9 Å². The van der Waals surface area contributed by atoms with Gasteiger partial charge in [0.25, 0.3) is 11.8 Å². The number of hydrogen-bond donors (Lipinski definition) is 3. The van der Waals surface area contributed by atoms with Crippen LogP contribution in [0.5, 0.6) is 0 Å². The Hall–Kier alpha value is -4.02. The summed E-state index contributed by atoms with van der Waals surface area (Å²) < 4.78 is 2.03. The predicted molar refractivity (Wildman–Crippen MR) is 144 cm³/mol. The van der Waals surface area contributed by atoms with Crippen molar-refractivity contribution in [3.8, 4) is 0 Å². The molecule has 0 aromatic carbocycles. The number of aromatic nitrogens is 2. The molecule has 1 aliphatic carbocycles. The molecule has 2 atom stereocenters. The van der Waals surface area contributed by atoms with Crippen molar-refractivity contribution in [1.82, 2.24) is 20.3 Å². The van der Waals surface area contributed by atoms with Gasteiger partial charge in [0.1, 0.15) is 23.7 Å². The molecule has 1 saturated heterocycles. The number of aryl methyl sites for hydroxylation is 1. The second kappa shape index (κ2) is 11.8. The van der Waals surface area contributed by atoms with Gasteiger partial charge in [-0.2, -0.15) is 4.57 Å². The number of carbonyl (C=O) groups is 4. The Bertz CT molecular complexity index is 1470. The molecule has 2 aliphatic heterocycles. The number of nitrogen functional groups attached to an aromatic ring is 1. The first-order valence-electron chi connectivity index (χ1n) is 12.7. The van der Waals surface area contributed by atoms with Crippen molar-refractivity contribution in [2.24, 2.45) is 5.16 Å². The van der Waals surface area contributed by atoms with Crippen LogP contribution in [0.4, 0.5) is 5.13 Å². The van der Waals surface area contributed by atoms with E-state index in [4.69, 9.17) is 10.6 Å². The molecule has 216 valence electrons. The molecule has 16 heteroatoms. The number of hydrogen-bond acceptors (Lipinski definition) is 12. The molecule has 0 spiro atoms. The monoisotopic (exact) mass is 601 g/mol. The van der Waals surface area contributed by atoms with Crippen LogP contribution in [0.15, 0.2) is 40.1 Å². The average molecular weight is 602 g/mol. The SMILES string of the molecule is CC(=O)N(O)CCO/N=C(\C(=O)N[C@@H]1C(=O)N2C(C(=O)[O-])=C(C[n+]3cccc4c3CCC4)CS[C@H]12)c1csc(N)n1. The smallest absolute Gasteiger partial charge is 0.276 e. The van der Waals surface area contributed by atoms with Crippen LogP contribution < -0.4 is 20.7 Å². The number of nitrogens with zero attached hydrogens (tertiary/aromatic N) is 5. The zero-order valence-electron chi connectivity index (χ0n) is 21.9. The Morgan fingerprint density at radius 3 is 2.90 bits per heavy atom. The number of amides is 3. The molecule has 14 nitrogen and oxygen atoms in total. The molecule has 0 bridgehead atoms. The number of β-lactam (4-membered cyclic amide) rings is 1. The predicted octanol–water partition coefficient (Wildman–Crippen LogP) is -1.44. The van der Waals surface area contributed by atoms with Crippen LogP contribution in [0.25, 0.3) is 0 Å². The van der Waals surface area contributed by atoms with Crippen molar-refractivity contribution >= 4 is 57.6 Å². The van der Waals surface area contributed by atoms with Gasteiger partial charge < -0.3 is 25.8 Å². The first-order chi connectivity index (χ1) is 19.7. The number of carbonyl (C=O) groups excluding carboxylic acids is 4. The quantitative estimate of drug-likeness (QED) is 0.0725. The molecule has 0 radical (unpaired) electrons. The molecular weight excluding hydrogens is 574 g/mol. The van der Waals surface area contributed by atoms with E-state index >= 15 is 0 Å². The molecule has 1 fully saturated rings. The maximum atomic E-state index is 13.2. The van der Waals surface area contributed by atoms with Gasteiger partial charge in [-0.1, -0.05) is 5.16 Å². The number of carboxylic acid groups (broad SMARTS) is 1. The largest absolute Gasteiger partial charge is 0.543 e. The zero-order valence-corrected chi connectivity index (χ0v) is 23.6. The molecule has 5 rings (SSSR count). The number of anilines is 1. The number of oxime groups is 1. The fraction of sp³-hybridized carbons (Fsp3) is 0.400. The summed E-state index contributed by atoms with van der Waals surface area (Å²) in [4.78, 5) is 60.1. The second-order valence-electron chi connectivity index (χ2n) is 9.55. The topological polar surface area (TPSA) is 194 Å². The first kappa shape index (κ1) is 28.5. The van der Waals surface area contributed by atoms with Crippen LogP contribution >= 0.6 is 23.1 Å². The highest BCUT2D eigenvalue weighted by Gasteiger charge is 2.53. The van der Waals surface area contributed by atoms with Gasteiger partial charge in [0.15, 0.2) is 29.3 Å².